The van der Waals surface area contributed by atoms with Crippen LogP contribution in [0, 0.1) is 20.8 Å². The minimum Gasteiger partial charge on any atom is -0.399 e. The number of aromatic nitrogens is 4. The number of benzene rings is 2. The molecule has 0 radical (unpaired) electrons. The number of anilines is 1. The molecule has 0 unspecified atom stereocenters. The van der Waals surface area contributed by atoms with Gasteiger partial charge in [0.1, 0.15) is 0 Å². The van der Waals surface area contributed by atoms with Crippen LogP contribution in [0.3, 0.4) is 0 Å². The van der Waals surface area contributed by atoms with E-state index in [1.807, 2.05) is 25.1 Å². The summed E-state index contributed by atoms with van der Waals surface area (Å²) in [5.41, 5.74) is 11.9. The Morgan fingerprint density at radius 1 is 0.857 bits per heavy atom. The maximum Gasteiger partial charge on any atom is 0.187 e. The van der Waals surface area contributed by atoms with E-state index in [-0.39, 0.29) is 0 Å². The maximum absolute atomic E-state index is 5.92. The smallest absolute Gasteiger partial charge is 0.187 e. The van der Waals surface area contributed by atoms with E-state index < -0.39 is 0 Å². The highest BCUT2D eigenvalue weighted by atomic mass is 15.5. The van der Waals surface area contributed by atoms with Gasteiger partial charge in [-0.05, 0) is 78.2 Å². The molecule has 0 aliphatic carbocycles. The number of aryl methyl sites for hydroxylation is 3. The summed E-state index contributed by atoms with van der Waals surface area (Å²) in [4.78, 5) is 0. The van der Waals surface area contributed by atoms with Crippen LogP contribution >= 0.6 is 0 Å². The predicted octanol–water partition coefficient (Wildman–Crippen LogP) is 2.84. The molecule has 5 heteroatoms. The van der Waals surface area contributed by atoms with E-state index in [4.69, 9.17) is 5.73 Å². The standard InChI is InChI=1S/C16H17N5/c1-10-4-11(2)8-15(7-10)21-16(18-19-20-21)13-5-12(3)6-14(17)9-13/h4-9H,17H2,1-3H3. The van der Waals surface area contributed by atoms with Crippen molar-refractivity contribution in [3.8, 4) is 17.1 Å². The van der Waals surface area contributed by atoms with Gasteiger partial charge >= 0.3 is 0 Å². The third-order valence-corrected chi connectivity index (χ3v) is 3.28. The highest BCUT2D eigenvalue weighted by Gasteiger charge is 2.12. The van der Waals surface area contributed by atoms with Gasteiger partial charge in [-0.25, -0.2) is 0 Å². The third kappa shape index (κ3) is 2.63. The van der Waals surface area contributed by atoms with Gasteiger partial charge in [0, 0.05) is 11.3 Å². The zero-order valence-electron chi connectivity index (χ0n) is 12.3. The van der Waals surface area contributed by atoms with Gasteiger partial charge in [0.05, 0.1) is 5.69 Å². The van der Waals surface area contributed by atoms with E-state index in [2.05, 4.69) is 47.6 Å². The normalized spacial score (nSPS) is 10.8. The maximum atomic E-state index is 5.92. The lowest BCUT2D eigenvalue weighted by atomic mass is 10.1. The number of nitrogen functional groups attached to an aromatic ring is 1. The molecule has 5 nitrogen and oxygen atoms in total. The molecular weight excluding hydrogens is 262 g/mol. The van der Waals surface area contributed by atoms with Crippen molar-refractivity contribution in [3.63, 3.8) is 0 Å². The molecule has 0 bridgehead atoms. The molecule has 21 heavy (non-hydrogen) atoms. The molecule has 0 spiro atoms. The first-order valence-electron chi connectivity index (χ1n) is 6.77. The Hall–Kier alpha value is -2.69. The fourth-order valence-corrected chi connectivity index (χ4v) is 2.56. The molecule has 0 atom stereocenters. The van der Waals surface area contributed by atoms with Gasteiger partial charge in [-0.1, -0.05) is 6.07 Å². The molecule has 0 amide bonds. The van der Waals surface area contributed by atoms with Gasteiger partial charge in [-0.3, -0.25) is 0 Å². The van der Waals surface area contributed by atoms with Crippen LogP contribution in [0.15, 0.2) is 36.4 Å². The second-order valence-electron chi connectivity index (χ2n) is 5.39. The van der Waals surface area contributed by atoms with Crippen molar-refractivity contribution < 1.29 is 0 Å². The summed E-state index contributed by atoms with van der Waals surface area (Å²) in [6, 6.07) is 12.1. The van der Waals surface area contributed by atoms with Gasteiger partial charge < -0.3 is 5.73 Å². The number of nitrogens with two attached hydrogens (primary N) is 1. The van der Waals surface area contributed by atoms with Crippen LogP contribution in [-0.4, -0.2) is 20.2 Å². The SMILES string of the molecule is Cc1cc(N)cc(-c2nnnn2-c2cc(C)cc(C)c2)c1. The molecule has 0 fully saturated rings. The number of hydrogen-bond acceptors (Lipinski definition) is 4. The first kappa shape index (κ1) is 13.3. The van der Waals surface area contributed by atoms with Gasteiger partial charge in [-0.15, -0.1) is 5.10 Å². The van der Waals surface area contributed by atoms with Crippen LogP contribution in [0.5, 0.6) is 0 Å². The number of tetrazole rings is 1. The van der Waals surface area contributed by atoms with E-state index in [0.717, 1.165) is 16.8 Å². The molecule has 3 aromatic rings. The Balaban J connectivity index is 2.16. The van der Waals surface area contributed by atoms with Gasteiger partial charge in [0.25, 0.3) is 0 Å². The van der Waals surface area contributed by atoms with Crippen molar-refractivity contribution in [1.82, 2.24) is 20.2 Å². The molecule has 0 aliphatic heterocycles. The minimum absolute atomic E-state index is 0.690. The van der Waals surface area contributed by atoms with Crippen molar-refractivity contribution in [2.75, 3.05) is 5.73 Å². The average Bonchev–Trinajstić information content (AvgIpc) is 2.85. The van der Waals surface area contributed by atoms with E-state index >= 15 is 0 Å². The lowest BCUT2D eigenvalue weighted by Gasteiger charge is -2.08. The predicted molar refractivity (Wildman–Crippen MR) is 83.2 cm³/mol. The molecule has 0 saturated heterocycles. The third-order valence-electron chi connectivity index (χ3n) is 3.28. The second kappa shape index (κ2) is 5.01. The van der Waals surface area contributed by atoms with E-state index in [9.17, 15) is 0 Å². The van der Waals surface area contributed by atoms with Crippen LogP contribution in [0.2, 0.25) is 0 Å². The Morgan fingerprint density at radius 3 is 2.19 bits per heavy atom. The number of nitrogens with zero attached hydrogens (tertiary/aromatic N) is 4. The monoisotopic (exact) mass is 279 g/mol. The molecular formula is C16H17N5. The first-order chi connectivity index (χ1) is 10.0. The van der Waals surface area contributed by atoms with Crippen molar-refractivity contribution in [1.29, 1.82) is 0 Å². The zero-order chi connectivity index (χ0) is 15.0. The van der Waals surface area contributed by atoms with E-state index in [1.165, 1.54) is 11.1 Å². The molecule has 1 heterocycles. The molecule has 0 saturated carbocycles. The topological polar surface area (TPSA) is 69.6 Å². The van der Waals surface area contributed by atoms with Crippen LogP contribution in [-0.2, 0) is 0 Å². The Kier molecular flexibility index (Phi) is 3.17. The number of hydrogen-bond donors (Lipinski definition) is 1. The Bertz CT molecular complexity index is 698. The molecule has 106 valence electrons. The van der Waals surface area contributed by atoms with Crippen LogP contribution in [0.1, 0.15) is 16.7 Å². The van der Waals surface area contributed by atoms with E-state index in [1.54, 1.807) is 4.68 Å². The summed E-state index contributed by atoms with van der Waals surface area (Å²) in [7, 11) is 0. The molecule has 1 aromatic heterocycles. The van der Waals surface area contributed by atoms with Crippen LogP contribution in [0.4, 0.5) is 5.69 Å². The summed E-state index contributed by atoms with van der Waals surface area (Å²) < 4.78 is 1.74. The van der Waals surface area contributed by atoms with E-state index in [0.29, 0.717) is 11.5 Å². The van der Waals surface area contributed by atoms with Gasteiger partial charge in [-0.2, -0.15) is 4.68 Å². The summed E-state index contributed by atoms with van der Waals surface area (Å²) in [5.74, 6) is 0.690. The fourth-order valence-electron chi connectivity index (χ4n) is 2.56. The molecule has 2 aromatic carbocycles. The van der Waals surface area contributed by atoms with Crippen molar-refractivity contribution >= 4 is 5.69 Å². The summed E-state index contributed by atoms with van der Waals surface area (Å²) in [6.07, 6.45) is 0. The van der Waals surface area contributed by atoms with Crippen molar-refractivity contribution in [2.24, 2.45) is 0 Å². The van der Waals surface area contributed by atoms with Gasteiger partial charge in [0.15, 0.2) is 5.82 Å². The van der Waals surface area contributed by atoms with Crippen molar-refractivity contribution in [3.05, 3.63) is 53.1 Å². The fraction of sp³-hybridized carbons (Fsp3) is 0.188. The minimum atomic E-state index is 0.690. The first-order valence-corrected chi connectivity index (χ1v) is 6.77. The highest BCUT2D eigenvalue weighted by Crippen LogP contribution is 2.24. The molecule has 3 rings (SSSR count). The van der Waals surface area contributed by atoms with Gasteiger partial charge in [0.2, 0.25) is 0 Å². The van der Waals surface area contributed by atoms with Crippen molar-refractivity contribution in [2.45, 2.75) is 20.8 Å². The Morgan fingerprint density at radius 2 is 1.52 bits per heavy atom. The lowest BCUT2D eigenvalue weighted by molar-refractivity contribution is 0.790. The van der Waals surface area contributed by atoms with Crippen LogP contribution < -0.4 is 5.73 Å². The summed E-state index contributed by atoms with van der Waals surface area (Å²) >= 11 is 0. The number of rotatable bonds is 2. The largest absolute Gasteiger partial charge is 0.399 e. The summed E-state index contributed by atoms with van der Waals surface area (Å²) in [6.45, 7) is 6.13. The Labute approximate surface area is 123 Å². The second-order valence-corrected chi connectivity index (χ2v) is 5.39. The molecule has 0 aliphatic rings. The summed E-state index contributed by atoms with van der Waals surface area (Å²) in [5, 5.41) is 12.1. The highest BCUT2D eigenvalue weighted by molar-refractivity contribution is 5.64. The average molecular weight is 279 g/mol. The lowest BCUT2D eigenvalue weighted by Crippen LogP contribution is -2.01. The molecule has 2 N–H and O–H groups in total. The van der Waals surface area contributed by atoms with Crippen LogP contribution in [0.25, 0.3) is 17.1 Å². The quantitative estimate of drug-likeness (QED) is 0.732. The zero-order valence-corrected chi connectivity index (χ0v) is 12.3.